The Morgan fingerprint density at radius 2 is 1.49 bits per heavy atom. The summed E-state index contributed by atoms with van der Waals surface area (Å²) in [6, 6.07) is 12.5. The Bertz CT molecular complexity index is 1350. The number of para-hydroxylation sites is 1. The third-order valence-electron chi connectivity index (χ3n) is 7.18. The molecule has 3 amide bonds. The van der Waals surface area contributed by atoms with Gasteiger partial charge in [0, 0.05) is 29.9 Å². The number of carbonyl (C=O) groups is 4. The van der Waals surface area contributed by atoms with Crippen LogP contribution in [0.15, 0.2) is 60.8 Å². The van der Waals surface area contributed by atoms with Crippen LogP contribution >= 0.6 is 11.8 Å². The first-order valence-electron chi connectivity index (χ1n) is 14.4. The molecule has 0 saturated carbocycles. The van der Waals surface area contributed by atoms with Crippen molar-refractivity contribution in [3.05, 3.63) is 71.9 Å². The van der Waals surface area contributed by atoms with Crippen molar-refractivity contribution in [2.45, 2.75) is 62.7 Å². The van der Waals surface area contributed by atoms with Gasteiger partial charge in [0.25, 0.3) is 0 Å². The number of fused-ring (bicyclic) bond motifs is 1. The molecule has 3 rings (SSSR count). The number of carbonyl (C=O) groups excluding carboxylic acids is 3. The van der Waals surface area contributed by atoms with Gasteiger partial charge in [0.05, 0.1) is 6.04 Å². The minimum absolute atomic E-state index is 0.0819. The maximum atomic E-state index is 13.7. The van der Waals surface area contributed by atoms with E-state index >= 15 is 0 Å². The van der Waals surface area contributed by atoms with Crippen LogP contribution in [0.2, 0.25) is 0 Å². The quantitative estimate of drug-likeness (QED) is 0.106. The van der Waals surface area contributed by atoms with Gasteiger partial charge in [-0.05, 0) is 61.4 Å². The number of unbranched alkanes of at least 4 members (excludes halogenated alkanes) is 1. The molecule has 0 aliphatic heterocycles. The van der Waals surface area contributed by atoms with E-state index in [4.69, 9.17) is 11.5 Å². The monoisotopic (exact) mass is 610 g/mol. The molecule has 43 heavy (non-hydrogen) atoms. The molecule has 9 N–H and O–H groups in total. The number of amides is 3. The first-order valence-corrected chi connectivity index (χ1v) is 15.8. The third-order valence-corrected chi connectivity index (χ3v) is 7.82. The van der Waals surface area contributed by atoms with E-state index in [1.165, 1.54) is 0 Å². The van der Waals surface area contributed by atoms with Crippen LogP contribution in [0.3, 0.4) is 0 Å². The average Bonchev–Trinajstić information content (AvgIpc) is 3.41. The zero-order chi connectivity index (χ0) is 31.2. The number of nitrogens with one attached hydrogen (secondary N) is 4. The standard InChI is InChI=1S/C31H42N6O5S/c1-43-16-14-23(33)28(38)36-26(18-21-19-34-24-12-6-5-11-22(21)24)30(40)35-25(13-7-8-15-32)29(39)37-27(31(41)42)17-20-9-3-2-4-10-20/h2-6,9-12,19,23,25-27,34H,7-8,13-18,32-33H2,1H3,(H,35,40)(H,36,38)(H,37,39)(H,41,42). The van der Waals surface area contributed by atoms with Gasteiger partial charge >= 0.3 is 5.97 Å². The van der Waals surface area contributed by atoms with Crippen molar-refractivity contribution in [3.8, 4) is 0 Å². The van der Waals surface area contributed by atoms with Gasteiger partial charge in [0.15, 0.2) is 0 Å². The average molecular weight is 611 g/mol. The normalized spacial score (nSPS) is 13.9. The maximum absolute atomic E-state index is 13.7. The molecule has 11 nitrogen and oxygen atoms in total. The molecule has 0 aliphatic rings. The van der Waals surface area contributed by atoms with Crippen LogP contribution in [0.5, 0.6) is 0 Å². The van der Waals surface area contributed by atoms with Crippen molar-refractivity contribution in [3.63, 3.8) is 0 Å². The highest BCUT2D eigenvalue weighted by molar-refractivity contribution is 7.98. The highest BCUT2D eigenvalue weighted by atomic mass is 32.2. The van der Waals surface area contributed by atoms with Gasteiger partial charge in [-0.1, -0.05) is 48.5 Å². The van der Waals surface area contributed by atoms with Gasteiger partial charge in [-0.2, -0.15) is 11.8 Å². The van der Waals surface area contributed by atoms with Crippen LogP contribution in [0.1, 0.15) is 36.8 Å². The van der Waals surface area contributed by atoms with Gasteiger partial charge < -0.3 is 37.5 Å². The molecule has 0 saturated heterocycles. The predicted octanol–water partition coefficient (Wildman–Crippen LogP) is 1.70. The summed E-state index contributed by atoms with van der Waals surface area (Å²) < 4.78 is 0. The number of aromatic nitrogens is 1. The fourth-order valence-corrected chi connectivity index (χ4v) is 5.23. The molecule has 4 unspecified atom stereocenters. The van der Waals surface area contributed by atoms with Crippen molar-refractivity contribution in [2.24, 2.45) is 11.5 Å². The fourth-order valence-electron chi connectivity index (χ4n) is 4.74. The lowest BCUT2D eigenvalue weighted by Crippen LogP contribution is -2.57. The molecule has 1 heterocycles. The second-order valence-electron chi connectivity index (χ2n) is 10.4. The summed E-state index contributed by atoms with van der Waals surface area (Å²) in [6.45, 7) is 0.404. The molecule has 2 aromatic carbocycles. The van der Waals surface area contributed by atoms with Gasteiger partial charge in [-0.3, -0.25) is 14.4 Å². The van der Waals surface area contributed by atoms with Crippen LogP contribution in [0.4, 0.5) is 0 Å². The lowest BCUT2D eigenvalue weighted by atomic mass is 10.0. The molecular weight excluding hydrogens is 568 g/mol. The zero-order valence-corrected chi connectivity index (χ0v) is 25.2. The summed E-state index contributed by atoms with van der Waals surface area (Å²) in [7, 11) is 0. The Hall–Kier alpha value is -3.87. The molecule has 12 heteroatoms. The number of benzene rings is 2. The Morgan fingerprint density at radius 1 is 0.837 bits per heavy atom. The molecule has 0 fully saturated rings. The van der Waals surface area contributed by atoms with Crippen LogP contribution in [0.25, 0.3) is 10.9 Å². The lowest BCUT2D eigenvalue weighted by Gasteiger charge is -2.25. The Morgan fingerprint density at radius 3 is 2.19 bits per heavy atom. The van der Waals surface area contributed by atoms with E-state index in [0.717, 1.165) is 22.0 Å². The minimum atomic E-state index is -1.19. The van der Waals surface area contributed by atoms with Crippen molar-refractivity contribution >= 4 is 46.4 Å². The van der Waals surface area contributed by atoms with E-state index in [2.05, 4.69) is 20.9 Å². The molecule has 0 bridgehead atoms. The van der Waals surface area contributed by atoms with Gasteiger partial charge in [-0.25, -0.2) is 4.79 Å². The smallest absolute Gasteiger partial charge is 0.326 e. The molecule has 3 aromatic rings. The molecule has 4 atom stereocenters. The molecule has 232 valence electrons. The van der Waals surface area contributed by atoms with E-state index in [1.807, 2.05) is 36.6 Å². The van der Waals surface area contributed by atoms with E-state index in [-0.39, 0.29) is 19.3 Å². The Labute approximate surface area is 255 Å². The summed E-state index contributed by atoms with van der Waals surface area (Å²) in [5.41, 5.74) is 14.2. The van der Waals surface area contributed by atoms with Crippen molar-refractivity contribution in [1.82, 2.24) is 20.9 Å². The van der Waals surface area contributed by atoms with E-state index in [1.54, 1.807) is 42.2 Å². The topological polar surface area (TPSA) is 192 Å². The molecule has 1 aromatic heterocycles. The molecular formula is C31H42N6O5S. The van der Waals surface area contributed by atoms with E-state index in [9.17, 15) is 24.3 Å². The highest BCUT2D eigenvalue weighted by Gasteiger charge is 2.31. The predicted molar refractivity (Wildman–Crippen MR) is 169 cm³/mol. The number of aliphatic carboxylic acids is 1. The molecule has 0 aliphatic carbocycles. The third kappa shape index (κ3) is 10.4. The lowest BCUT2D eigenvalue weighted by molar-refractivity contribution is -0.142. The largest absolute Gasteiger partial charge is 0.480 e. The SMILES string of the molecule is CSCCC(N)C(=O)NC(Cc1c[nH]c2ccccc12)C(=O)NC(CCCCN)C(=O)NC(Cc1ccccc1)C(=O)O. The first-order chi connectivity index (χ1) is 20.7. The van der Waals surface area contributed by atoms with E-state index in [0.29, 0.717) is 31.6 Å². The summed E-state index contributed by atoms with van der Waals surface area (Å²) in [5.74, 6) is -2.16. The Kier molecular flexibility index (Phi) is 13.5. The van der Waals surface area contributed by atoms with Crippen molar-refractivity contribution < 1.29 is 24.3 Å². The Balaban J connectivity index is 1.81. The van der Waals surface area contributed by atoms with E-state index < -0.39 is 47.9 Å². The van der Waals surface area contributed by atoms with Crippen molar-refractivity contribution in [2.75, 3.05) is 18.6 Å². The number of carboxylic acid groups (broad SMARTS) is 1. The zero-order valence-electron chi connectivity index (χ0n) is 24.4. The summed E-state index contributed by atoms with van der Waals surface area (Å²) in [6.07, 6.45) is 5.78. The number of thioether (sulfide) groups is 1. The van der Waals surface area contributed by atoms with Crippen LogP contribution < -0.4 is 27.4 Å². The number of nitrogens with two attached hydrogens (primary N) is 2. The summed E-state index contributed by atoms with van der Waals surface area (Å²) in [4.78, 5) is 55.3. The number of aromatic amines is 1. The second kappa shape index (κ2) is 17.3. The minimum Gasteiger partial charge on any atom is -0.480 e. The highest BCUT2D eigenvalue weighted by Crippen LogP contribution is 2.19. The molecule has 0 spiro atoms. The fraction of sp³-hybridized carbons (Fsp3) is 0.419. The maximum Gasteiger partial charge on any atom is 0.326 e. The number of carboxylic acids is 1. The van der Waals surface area contributed by atoms with Crippen LogP contribution in [0, 0.1) is 0 Å². The number of rotatable bonds is 18. The number of H-pyrrole nitrogens is 1. The second-order valence-corrected chi connectivity index (χ2v) is 11.4. The molecule has 0 radical (unpaired) electrons. The van der Waals surface area contributed by atoms with Crippen LogP contribution in [-0.4, -0.2) is 76.5 Å². The van der Waals surface area contributed by atoms with Gasteiger partial charge in [0.2, 0.25) is 17.7 Å². The first kappa shape index (κ1) is 33.6. The van der Waals surface area contributed by atoms with Crippen LogP contribution in [-0.2, 0) is 32.0 Å². The van der Waals surface area contributed by atoms with Crippen molar-refractivity contribution in [1.29, 1.82) is 0 Å². The van der Waals surface area contributed by atoms with Gasteiger partial charge in [-0.15, -0.1) is 0 Å². The summed E-state index contributed by atoms with van der Waals surface area (Å²) >= 11 is 1.57. The number of hydrogen-bond donors (Lipinski definition) is 7. The summed E-state index contributed by atoms with van der Waals surface area (Å²) in [5, 5.41) is 18.9. The van der Waals surface area contributed by atoms with Gasteiger partial charge in [0.1, 0.15) is 18.1 Å². The number of hydrogen-bond acceptors (Lipinski definition) is 7.